The van der Waals surface area contributed by atoms with Gasteiger partial charge in [0.2, 0.25) is 0 Å². The summed E-state index contributed by atoms with van der Waals surface area (Å²) in [6.07, 6.45) is 11.8. The maximum Gasteiger partial charge on any atom is 0.162 e. The van der Waals surface area contributed by atoms with E-state index < -0.39 is 23.3 Å². The fraction of sp³-hybridized carbons (Fsp3) is 0.586. The highest BCUT2D eigenvalue weighted by atomic mass is 128. The van der Waals surface area contributed by atoms with Crippen LogP contribution < -0.4 is 0 Å². The highest BCUT2D eigenvalue weighted by Crippen LogP contribution is 2.31. The molecule has 0 heterocycles. The predicted molar refractivity (Wildman–Crippen MR) is 158 cm³/mol. The predicted octanol–water partition coefficient (Wildman–Crippen LogP) is 11.2. The van der Waals surface area contributed by atoms with E-state index in [1.54, 1.807) is 38.1 Å². The highest BCUT2D eigenvalue weighted by Gasteiger charge is 2.18. The Hall–Kier alpha value is -0.380. The number of aryl methyl sites for hydroxylation is 4. The van der Waals surface area contributed by atoms with Gasteiger partial charge < -0.3 is 0 Å². The Bertz CT molecular complexity index is 877. The van der Waals surface area contributed by atoms with Gasteiger partial charge in [-0.1, -0.05) is 83.1 Å². The zero-order valence-electron chi connectivity index (χ0n) is 21.5. The smallest absolute Gasteiger partial charge is 0.162 e. The second-order valence-corrected chi connectivity index (χ2v) is 9.81. The molecular weight excluding hydrogens is 678 g/mol. The van der Waals surface area contributed by atoms with Gasteiger partial charge in [-0.25, -0.2) is 17.6 Å². The molecule has 198 valence electrons. The number of rotatable bonds is 8. The Kier molecular flexibility index (Phi) is 16.8. The van der Waals surface area contributed by atoms with E-state index in [-0.39, 0.29) is 0 Å². The first-order valence-corrected chi connectivity index (χ1v) is 19.0. The molecule has 0 N–H and O–H groups in total. The first-order valence-electron chi connectivity index (χ1n) is 12.8. The van der Waals surface area contributed by atoms with Gasteiger partial charge >= 0.3 is 0 Å². The van der Waals surface area contributed by atoms with Crippen molar-refractivity contribution in [1.82, 2.24) is 0 Å². The third kappa shape index (κ3) is 11.3. The summed E-state index contributed by atoms with van der Waals surface area (Å²) < 4.78 is 53.6. The molecule has 2 aromatic carbocycles. The third-order valence-electron chi connectivity index (χ3n) is 6.95. The molecule has 0 radical (unpaired) electrons. The van der Waals surface area contributed by atoms with E-state index in [9.17, 15) is 17.6 Å². The summed E-state index contributed by atoms with van der Waals surface area (Å²) in [5, 5.41) is 0. The molecule has 3 rings (SSSR count). The number of halogens is 6. The minimum absolute atomic E-state index is 0.377. The van der Waals surface area contributed by atoms with Crippen molar-refractivity contribution < 1.29 is 17.6 Å². The fourth-order valence-corrected chi connectivity index (χ4v) is 4.52. The van der Waals surface area contributed by atoms with Crippen molar-refractivity contribution in [3.05, 3.63) is 69.8 Å². The third-order valence-corrected chi connectivity index (χ3v) is 6.95. The van der Waals surface area contributed by atoms with Crippen molar-refractivity contribution in [2.45, 2.75) is 98.3 Å². The van der Waals surface area contributed by atoms with Gasteiger partial charge in [-0.3, -0.25) is 0 Å². The van der Waals surface area contributed by atoms with E-state index in [4.69, 9.17) is 0 Å². The standard InChI is InChI=1S/C17H24F2.C12H16F2.I2/c1-12-6-9-14(10-7-12)4-3-5-15-11-8-13(2)16(18)17(15)19;1-3-4-5-6-10-8-7-9(2)11(13)12(10)14;1-2/h8,11-12,14H,3-7,9-10H2,1-2H3;7-8H,3-6H2,1-2H3;. The summed E-state index contributed by atoms with van der Waals surface area (Å²) >= 11 is 4.24. The van der Waals surface area contributed by atoms with Gasteiger partial charge in [0, 0.05) is 37.2 Å². The molecule has 0 bridgehead atoms. The summed E-state index contributed by atoms with van der Waals surface area (Å²) in [5.74, 6) is -1.00. The second kappa shape index (κ2) is 18.0. The molecular formula is C29H40F4I2. The van der Waals surface area contributed by atoms with E-state index in [0.29, 0.717) is 35.1 Å². The summed E-state index contributed by atoms with van der Waals surface area (Å²) in [4.78, 5) is 0. The lowest BCUT2D eigenvalue weighted by Gasteiger charge is -2.26. The molecule has 0 nitrogen and oxygen atoms in total. The van der Waals surface area contributed by atoms with Crippen LogP contribution in [-0.4, -0.2) is 0 Å². The molecule has 1 aliphatic rings. The highest BCUT2D eigenvalue weighted by molar-refractivity contribution is 15.0. The summed E-state index contributed by atoms with van der Waals surface area (Å²) in [7, 11) is 0. The van der Waals surface area contributed by atoms with E-state index in [1.165, 1.54) is 25.7 Å². The SMILES string of the molecule is CCCCCc1ccc(C)c(F)c1F.Cc1ccc(CCCC2CCC(C)CC2)c(F)c1F.II. The zero-order chi connectivity index (χ0) is 26.4. The Morgan fingerprint density at radius 1 is 0.686 bits per heavy atom. The fourth-order valence-electron chi connectivity index (χ4n) is 4.52. The largest absolute Gasteiger partial charge is 0.203 e. The maximum absolute atomic E-state index is 13.7. The van der Waals surface area contributed by atoms with Crippen LogP contribution in [0.15, 0.2) is 24.3 Å². The number of unbranched alkanes of at least 4 members (excludes halogenated alkanes) is 2. The summed E-state index contributed by atoms with van der Waals surface area (Å²) in [5.41, 5.74) is 1.80. The maximum atomic E-state index is 13.7. The Morgan fingerprint density at radius 3 is 1.60 bits per heavy atom. The van der Waals surface area contributed by atoms with E-state index in [2.05, 4.69) is 51.1 Å². The number of hydrogen-bond donors (Lipinski definition) is 0. The average Bonchev–Trinajstić information content (AvgIpc) is 2.87. The van der Waals surface area contributed by atoms with E-state index in [0.717, 1.165) is 43.9 Å². The number of hydrogen-bond acceptors (Lipinski definition) is 0. The first kappa shape index (κ1) is 32.6. The molecule has 2 aromatic rings. The van der Waals surface area contributed by atoms with Crippen molar-refractivity contribution in [1.29, 1.82) is 0 Å². The lowest BCUT2D eigenvalue weighted by molar-refractivity contribution is 0.273. The molecule has 35 heavy (non-hydrogen) atoms. The van der Waals surface area contributed by atoms with Crippen LogP contribution >= 0.6 is 37.2 Å². The molecule has 0 aromatic heterocycles. The molecule has 1 fully saturated rings. The van der Waals surface area contributed by atoms with Crippen LogP contribution in [0.3, 0.4) is 0 Å². The summed E-state index contributed by atoms with van der Waals surface area (Å²) in [6.45, 7) is 7.59. The molecule has 0 saturated heterocycles. The molecule has 0 aliphatic heterocycles. The van der Waals surface area contributed by atoms with Gasteiger partial charge in [-0.2, -0.15) is 0 Å². The first-order chi connectivity index (χ1) is 16.7. The molecule has 0 spiro atoms. The van der Waals surface area contributed by atoms with E-state index >= 15 is 0 Å². The second-order valence-electron chi connectivity index (χ2n) is 9.81. The quantitative estimate of drug-likeness (QED) is 0.145. The minimum Gasteiger partial charge on any atom is -0.203 e. The van der Waals surface area contributed by atoms with Crippen LogP contribution in [0.4, 0.5) is 17.6 Å². The normalized spacial score (nSPS) is 17.2. The van der Waals surface area contributed by atoms with Gasteiger partial charge in [0.05, 0.1) is 0 Å². The van der Waals surface area contributed by atoms with Crippen molar-refractivity contribution in [3.63, 3.8) is 0 Å². The Labute approximate surface area is 233 Å². The molecule has 0 amide bonds. The molecule has 0 unspecified atom stereocenters. The minimum atomic E-state index is -0.695. The zero-order valence-corrected chi connectivity index (χ0v) is 25.8. The van der Waals surface area contributed by atoms with Crippen LogP contribution in [0.1, 0.15) is 93.9 Å². The van der Waals surface area contributed by atoms with Gasteiger partial charge in [0.25, 0.3) is 0 Å². The lowest BCUT2D eigenvalue weighted by atomic mass is 9.80. The Balaban J connectivity index is 0.000000341. The van der Waals surface area contributed by atoms with E-state index in [1.807, 2.05) is 0 Å². The molecule has 6 heteroatoms. The van der Waals surface area contributed by atoms with Crippen molar-refractivity contribution in [2.75, 3.05) is 0 Å². The average molecular weight is 718 g/mol. The number of benzene rings is 2. The van der Waals surface area contributed by atoms with Crippen molar-refractivity contribution >= 4 is 37.2 Å². The van der Waals surface area contributed by atoms with Crippen LogP contribution in [0, 0.1) is 49.0 Å². The van der Waals surface area contributed by atoms with Gasteiger partial charge in [-0.05, 0) is 73.6 Å². The van der Waals surface area contributed by atoms with Gasteiger partial charge in [-0.15, -0.1) is 0 Å². The molecule has 0 atom stereocenters. The Morgan fingerprint density at radius 2 is 1.14 bits per heavy atom. The van der Waals surface area contributed by atoms with Crippen LogP contribution in [0.25, 0.3) is 0 Å². The molecule has 1 saturated carbocycles. The van der Waals surface area contributed by atoms with Crippen LogP contribution in [0.5, 0.6) is 0 Å². The summed E-state index contributed by atoms with van der Waals surface area (Å²) in [6, 6.07) is 6.73. The molecule has 1 aliphatic carbocycles. The van der Waals surface area contributed by atoms with Gasteiger partial charge in [0.1, 0.15) is 0 Å². The van der Waals surface area contributed by atoms with Crippen LogP contribution in [-0.2, 0) is 12.8 Å². The monoisotopic (exact) mass is 718 g/mol. The lowest BCUT2D eigenvalue weighted by Crippen LogP contribution is -2.12. The topological polar surface area (TPSA) is 0 Å². The van der Waals surface area contributed by atoms with Gasteiger partial charge in [0.15, 0.2) is 23.3 Å². The van der Waals surface area contributed by atoms with Crippen LogP contribution in [0.2, 0.25) is 0 Å². The van der Waals surface area contributed by atoms with Crippen molar-refractivity contribution in [3.8, 4) is 0 Å². The van der Waals surface area contributed by atoms with Crippen molar-refractivity contribution in [2.24, 2.45) is 11.8 Å².